The molecule has 1 aromatic rings. The van der Waals surface area contributed by atoms with E-state index in [0.717, 1.165) is 5.57 Å². The fraction of sp³-hybridized carbons (Fsp3) is 0.438. The van der Waals surface area contributed by atoms with Gasteiger partial charge in [0, 0.05) is 30.2 Å². The third kappa shape index (κ3) is 5.48. The van der Waals surface area contributed by atoms with Gasteiger partial charge in [-0.15, -0.1) is 0 Å². The van der Waals surface area contributed by atoms with Crippen LogP contribution in [0.5, 0.6) is 0 Å². The van der Waals surface area contributed by atoms with Gasteiger partial charge in [0.15, 0.2) is 0 Å². The summed E-state index contributed by atoms with van der Waals surface area (Å²) < 4.78 is 13.7. The molecular formula is C16H22ClFN2O. The van der Waals surface area contributed by atoms with Gasteiger partial charge < -0.3 is 4.90 Å². The van der Waals surface area contributed by atoms with Crippen LogP contribution in [0, 0.1) is 5.82 Å². The number of hydrogen-bond donors (Lipinski definition) is 0. The van der Waals surface area contributed by atoms with Gasteiger partial charge in [0.2, 0.25) is 5.91 Å². The molecule has 0 saturated heterocycles. The molecule has 0 fully saturated rings. The molecule has 0 aliphatic heterocycles. The van der Waals surface area contributed by atoms with E-state index in [1.165, 1.54) is 6.07 Å². The van der Waals surface area contributed by atoms with Gasteiger partial charge in [0.25, 0.3) is 0 Å². The van der Waals surface area contributed by atoms with Crippen molar-refractivity contribution in [1.29, 1.82) is 0 Å². The van der Waals surface area contributed by atoms with Crippen LogP contribution in [0.2, 0.25) is 5.02 Å². The Labute approximate surface area is 131 Å². The van der Waals surface area contributed by atoms with Crippen LogP contribution in [-0.2, 0) is 11.3 Å². The average molecular weight is 313 g/mol. The molecule has 0 radical (unpaired) electrons. The van der Waals surface area contributed by atoms with Crippen molar-refractivity contribution < 1.29 is 9.18 Å². The fourth-order valence-corrected chi connectivity index (χ4v) is 2.27. The lowest BCUT2D eigenvalue weighted by molar-refractivity contribution is -0.131. The van der Waals surface area contributed by atoms with E-state index in [4.69, 9.17) is 11.6 Å². The Morgan fingerprint density at radius 1 is 1.38 bits per heavy atom. The second kappa shape index (κ2) is 8.15. The Kier molecular flexibility index (Phi) is 6.85. The maximum Gasteiger partial charge on any atom is 0.237 e. The first-order chi connectivity index (χ1) is 9.85. The summed E-state index contributed by atoms with van der Waals surface area (Å²) in [6, 6.07) is 4.59. The van der Waals surface area contributed by atoms with Gasteiger partial charge >= 0.3 is 0 Å². The summed E-state index contributed by atoms with van der Waals surface area (Å²) in [6.07, 6.45) is 0. The smallest absolute Gasteiger partial charge is 0.237 e. The van der Waals surface area contributed by atoms with E-state index in [-0.39, 0.29) is 18.3 Å². The summed E-state index contributed by atoms with van der Waals surface area (Å²) in [6.45, 7) is 9.31. The van der Waals surface area contributed by atoms with Gasteiger partial charge in [-0.1, -0.05) is 29.8 Å². The standard InChI is InChI=1S/C16H22ClFN2O/c1-5-20(9-12(2)3)16(21)11-19(4)10-13-14(17)7-6-8-15(13)18/h6-8H,2,5,9-11H2,1,3-4H3. The summed E-state index contributed by atoms with van der Waals surface area (Å²) >= 11 is 6.00. The molecule has 116 valence electrons. The van der Waals surface area contributed by atoms with Gasteiger partial charge in [-0.05, 0) is 33.0 Å². The first kappa shape index (κ1) is 17.7. The predicted octanol–water partition coefficient (Wildman–Crippen LogP) is 3.34. The van der Waals surface area contributed by atoms with Crippen LogP contribution in [0.25, 0.3) is 0 Å². The van der Waals surface area contributed by atoms with Crippen molar-refractivity contribution in [3.63, 3.8) is 0 Å². The molecule has 0 aliphatic rings. The molecule has 0 saturated carbocycles. The summed E-state index contributed by atoms with van der Waals surface area (Å²) in [5, 5.41) is 0.378. The predicted molar refractivity (Wildman–Crippen MR) is 84.8 cm³/mol. The number of rotatable bonds is 7. The molecule has 0 unspecified atom stereocenters. The molecule has 1 amide bonds. The van der Waals surface area contributed by atoms with Crippen molar-refractivity contribution in [2.75, 3.05) is 26.7 Å². The second-order valence-electron chi connectivity index (χ2n) is 5.24. The molecule has 0 heterocycles. The lowest BCUT2D eigenvalue weighted by atomic mass is 10.2. The molecule has 0 aromatic heterocycles. The largest absolute Gasteiger partial charge is 0.338 e. The van der Waals surface area contributed by atoms with Gasteiger partial charge in [-0.2, -0.15) is 0 Å². The highest BCUT2D eigenvalue weighted by atomic mass is 35.5. The normalized spacial score (nSPS) is 10.8. The third-order valence-corrected chi connectivity index (χ3v) is 3.44. The van der Waals surface area contributed by atoms with E-state index in [1.54, 1.807) is 29.0 Å². The average Bonchev–Trinajstić information content (AvgIpc) is 2.40. The van der Waals surface area contributed by atoms with Crippen LogP contribution < -0.4 is 0 Å². The van der Waals surface area contributed by atoms with Crippen LogP contribution in [0.3, 0.4) is 0 Å². The lowest BCUT2D eigenvalue weighted by Gasteiger charge is -2.24. The highest BCUT2D eigenvalue weighted by Gasteiger charge is 2.16. The Balaban J connectivity index is 2.66. The van der Waals surface area contributed by atoms with Gasteiger partial charge in [0.05, 0.1) is 6.54 Å². The van der Waals surface area contributed by atoms with Crippen molar-refractivity contribution in [2.45, 2.75) is 20.4 Å². The monoisotopic (exact) mass is 312 g/mol. The number of amides is 1. The third-order valence-electron chi connectivity index (χ3n) is 3.09. The minimum atomic E-state index is -0.351. The molecule has 0 spiro atoms. The number of carbonyl (C=O) groups is 1. The molecule has 3 nitrogen and oxygen atoms in total. The summed E-state index contributed by atoms with van der Waals surface area (Å²) in [4.78, 5) is 15.7. The Hall–Kier alpha value is -1.39. The van der Waals surface area contributed by atoms with Gasteiger partial charge in [-0.25, -0.2) is 4.39 Å². The first-order valence-electron chi connectivity index (χ1n) is 6.88. The maximum absolute atomic E-state index is 13.7. The minimum absolute atomic E-state index is 0.00420. The molecule has 0 atom stereocenters. The first-order valence-corrected chi connectivity index (χ1v) is 7.26. The topological polar surface area (TPSA) is 23.6 Å². The second-order valence-corrected chi connectivity index (χ2v) is 5.64. The molecular weight excluding hydrogens is 291 g/mol. The molecule has 0 aliphatic carbocycles. The summed E-state index contributed by atoms with van der Waals surface area (Å²) in [5.41, 5.74) is 1.35. The lowest BCUT2D eigenvalue weighted by Crippen LogP contribution is -2.39. The van der Waals surface area contributed by atoms with Crippen LogP contribution in [0.15, 0.2) is 30.4 Å². The van der Waals surface area contributed by atoms with Gasteiger partial charge in [-0.3, -0.25) is 9.69 Å². The molecule has 0 N–H and O–H groups in total. The number of nitrogens with zero attached hydrogens (tertiary/aromatic N) is 2. The Bertz CT molecular complexity index is 499. The minimum Gasteiger partial charge on any atom is -0.338 e. The number of benzene rings is 1. The SMILES string of the molecule is C=C(C)CN(CC)C(=O)CN(C)Cc1c(F)cccc1Cl. The van der Waals surface area contributed by atoms with Crippen molar-refractivity contribution in [1.82, 2.24) is 9.80 Å². The summed E-state index contributed by atoms with van der Waals surface area (Å²) in [7, 11) is 1.77. The van der Waals surface area contributed by atoms with E-state index in [1.807, 2.05) is 13.8 Å². The molecule has 5 heteroatoms. The van der Waals surface area contributed by atoms with Crippen molar-refractivity contribution >= 4 is 17.5 Å². The van der Waals surface area contributed by atoms with Gasteiger partial charge in [0.1, 0.15) is 5.82 Å². The van der Waals surface area contributed by atoms with Crippen LogP contribution in [-0.4, -0.2) is 42.4 Å². The van der Waals surface area contributed by atoms with E-state index in [0.29, 0.717) is 30.2 Å². The van der Waals surface area contributed by atoms with Crippen LogP contribution in [0.4, 0.5) is 4.39 Å². The van der Waals surface area contributed by atoms with E-state index >= 15 is 0 Å². The van der Waals surface area contributed by atoms with Crippen LogP contribution in [0.1, 0.15) is 19.4 Å². The van der Waals surface area contributed by atoms with Crippen molar-refractivity contribution in [3.8, 4) is 0 Å². The van der Waals surface area contributed by atoms with E-state index in [9.17, 15) is 9.18 Å². The van der Waals surface area contributed by atoms with E-state index < -0.39 is 0 Å². The summed E-state index contributed by atoms with van der Waals surface area (Å²) in [5.74, 6) is -0.355. The Morgan fingerprint density at radius 2 is 2.05 bits per heavy atom. The Morgan fingerprint density at radius 3 is 2.57 bits per heavy atom. The molecule has 1 aromatic carbocycles. The zero-order chi connectivity index (χ0) is 16.0. The zero-order valence-corrected chi connectivity index (χ0v) is 13.6. The fourth-order valence-electron chi connectivity index (χ4n) is 2.04. The van der Waals surface area contributed by atoms with Crippen molar-refractivity contribution in [2.24, 2.45) is 0 Å². The van der Waals surface area contributed by atoms with Crippen LogP contribution >= 0.6 is 11.6 Å². The number of hydrogen-bond acceptors (Lipinski definition) is 2. The number of likely N-dealkylation sites (N-methyl/N-ethyl adjacent to an activating group) is 2. The highest BCUT2D eigenvalue weighted by Crippen LogP contribution is 2.20. The molecule has 1 rings (SSSR count). The number of halogens is 2. The van der Waals surface area contributed by atoms with Crippen molar-refractivity contribution in [3.05, 3.63) is 46.8 Å². The quantitative estimate of drug-likeness (QED) is 0.721. The number of carbonyl (C=O) groups excluding carboxylic acids is 1. The zero-order valence-electron chi connectivity index (χ0n) is 12.8. The maximum atomic E-state index is 13.7. The highest BCUT2D eigenvalue weighted by molar-refractivity contribution is 6.31. The van der Waals surface area contributed by atoms with E-state index in [2.05, 4.69) is 6.58 Å². The molecule has 0 bridgehead atoms. The molecule has 21 heavy (non-hydrogen) atoms.